The fourth-order valence-corrected chi connectivity index (χ4v) is 1.62. The molecule has 0 unspecified atom stereocenters. The highest BCUT2D eigenvalue weighted by atomic mass is 16.3. The van der Waals surface area contributed by atoms with Gasteiger partial charge in [0.2, 0.25) is 5.91 Å². The standard InChI is InChI=1S/C14H21NO2/c1-11-6-4-5-7-12(11)8-9-13(17)15-14(2,3)10-16/h4-7,16H,8-10H2,1-3H3,(H,15,17). The molecule has 1 rings (SSSR count). The van der Waals surface area contributed by atoms with Gasteiger partial charge in [0.05, 0.1) is 12.1 Å². The topological polar surface area (TPSA) is 49.3 Å². The lowest BCUT2D eigenvalue weighted by Gasteiger charge is -2.23. The maximum Gasteiger partial charge on any atom is 0.220 e. The maximum atomic E-state index is 11.7. The Kier molecular flexibility index (Phi) is 4.70. The van der Waals surface area contributed by atoms with Crippen molar-refractivity contribution in [3.8, 4) is 0 Å². The number of hydrogen-bond donors (Lipinski definition) is 2. The lowest BCUT2D eigenvalue weighted by atomic mass is 10.0. The van der Waals surface area contributed by atoms with Crippen molar-refractivity contribution in [2.75, 3.05) is 6.61 Å². The third-order valence-electron chi connectivity index (χ3n) is 2.76. The van der Waals surface area contributed by atoms with Gasteiger partial charge in [0.25, 0.3) is 0 Å². The number of aliphatic hydroxyl groups excluding tert-OH is 1. The lowest BCUT2D eigenvalue weighted by molar-refractivity contribution is -0.123. The van der Waals surface area contributed by atoms with E-state index in [1.165, 1.54) is 11.1 Å². The van der Waals surface area contributed by atoms with E-state index in [1.54, 1.807) is 13.8 Å². The number of nitrogens with one attached hydrogen (secondary N) is 1. The number of aryl methyl sites for hydroxylation is 2. The first-order valence-electron chi connectivity index (χ1n) is 5.91. The predicted molar refractivity (Wildman–Crippen MR) is 68.8 cm³/mol. The Morgan fingerprint density at radius 3 is 2.59 bits per heavy atom. The molecule has 0 aliphatic carbocycles. The minimum Gasteiger partial charge on any atom is -0.394 e. The van der Waals surface area contributed by atoms with Crippen LogP contribution in [0.5, 0.6) is 0 Å². The molecule has 0 saturated heterocycles. The summed E-state index contributed by atoms with van der Waals surface area (Å²) in [6.45, 7) is 5.60. The SMILES string of the molecule is Cc1ccccc1CCC(=O)NC(C)(C)CO. The zero-order chi connectivity index (χ0) is 12.9. The maximum absolute atomic E-state index is 11.7. The number of amides is 1. The molecule has 0 radical (unpaired) electrons. The highest BCUT2D eigenvalue weighted by Crippen LogP contribution is 2.10. The molecule has 3 heteroatoms. The normalized spacial score (nSPS) is 11.3. The van der Waals surface area contributed by atoms with E-state index in [0.717, 1.165) is 6.42 Å². The average Bonchev–Trinajstić information content (AvgIpc) is 2.27. The van der Waals surface area contributed by atoms with Crippen LogP contribution in [-0.2, 0) is 11.2 Å². The second-order valence-electron chi connectivity index (χ2n) is 5.02. The molecular weight excluding hydrogens is 214 g/mol. The minimum absolute atomic E-state index is 0.0210. The third kappa shape index (κ3) is 4.57. The number of carbonyl (C=O) groups excluding carboxylic acids is 1. The van der Waals surface area contributed by atoms with Crippen LogP contribution in [0.15, 0.2) is 24.3 Å². The van der Waals surface area contributed by atoms with E-state index < -0.39 is 5.54 Å². The van der Waals surface area contributed by atoms with Crippen molar-refractivity contribution in [3.63, 3.8) is 0 Å². The Morgan fingerprint density at radius 2 is 2.00 bits per heavy atom. The Labute approximate surface area is 103 Å². The molecule has 94 valence electrons. The predicted octanol–water partition coefficient (Wildman–Crippen LogP) is 1.81. The Bertz CT molecular complexity index is 386. The van der Waals surface area contributed by atoms with Gasteiger partial charge in [-0.1, -0.05) is 24.3 Å². The number of carbonyl (C=O) groups is 1. The van der Waals surface area contributed by atoms with Crippen molar-refractivity contribution in [1.29, 1.82) is 0 Å². The summed E-state index contributed by atoms with van der Waals surface area (Å²) in [6, 6.07) is 8.07. The highest BCUT2D eigenvalue weighted by Gasteiger charge is 2.18. The van der Waals surface area contributed by atoms with Gasteiger partial charge >= 0.3 is 0 Å². The van der Waals surface area contributed by atoms with E-state index >= 15 is 0 Å². The molecule has 2 N–H and O–H groups in total. The Hall–Kier alpha value is -1.35. The summed E-state index contributed by atoms with van der Waals surface area (Å²) in [7, 11) is 0. The van der Waals surface area contributed by atoms with Crippen LogP contribution in [0.4, 0.5) is 0 Å². The average molecular weight is 235 g/mol. The van der Waals surface area contributed by atoms with Crippen LogP contribution in [0.1, 0.15) is 31.4 Å². The fraction of sp³-hybridized carbons (Fsp3) is 0.500. The summed E-state index contributed by atoms with van der Waals surface area (Å²) in [5.41, 5.74) is 1.87. The number of hydrogen-bond acceptors (Lipinski definition) is 2. The molecule has 3 nitrogen and oxygen atoms in total. The number of benzene rings is 1. The zero-order valence-electron chi connectivity index (χ0n) is 10.8. The van der Waals surface area contributed by atoms with E-state index in [1.807, 2.05) is 31.2 Å². The molecule has 0 spiro atoms. The summed E-state index contributed by atoms with van der Waals surface area (Å²) in [4.78, 5) is 11.7. The molecule has 0 fully saturated rings. The van der Waals surface area contributed by atoms with Crippen molar-refractivity contribution in [2.24, 2.45) is 0 Å². The monoisotopic (exact) mass is 235 g/mol. The van der Waals surface area contributed by atoms with Crippen LogP contribution in [-0.4, -0.2) is 23.2 Å². The van der Waals surface area contributed by atoms with Crippen molar-refractivity contribution >= 4 is 5.91 Å². The van der Waals surface area contributed by atoms with Crippen LogP contribution in [0.25, 0.3) is 0 Å². The quantitative estimate of drug-likeness (QED) is 0.818. The summed E-state index contributed by atoms with van der Waals surface area (Å²) in [6.07, 6.45) is 1.19. The Morgan fingerprint density at radius 1 is 1.35 bits per heavy atom. The number of rotatable bonds is 5. The summed E-state index contributed by atoms with van der Waals surface area (Å²) < 4.78 is 0. The first-order valence-corrected chi connectivity index (χ1v) is 5.91. The van der Waals surface area contributed by atoms with E-state index in [-0.39, 0.29) is 12.5 Å². The van der Waals surface area contributed by atoms with Crippen LogP contribution in [0.2, 0.25) is 0 Å². The van der Waals surface area contributed by atoms with Crippen LogP contribution in [0.3, 0.4) is 0 Å². The molecule has 1 aromatic carbocycles. The summed E-state index contributed by atoms with van der Waals surface area (Å²) >= 11 is 0. The first-order chi connectivity index (χ1) is 7.94. The molecule has 17 heavy (non-hydrogen) atoms. The first kappa shape index (κ1) is 13.7. The van der Waals surface area contributed by atoms with Gasteiger partial charge in [-0.15, -0.1) is 0 Å². The van der Waals surface area contributed by atoms with Gasteiger partial charge < -0.3 is 10.4 Å². The summed E-state index contributed by atoms with van der Waals surface area (Å²) in [5, 5.41) is 11.9. The van der Waals surface area contributed by atoms with E-state index in [9.17, 15) is 4.79 Å². The molecule has 0 bridgehead atoms. The molecule has 1 amide bonds. The molecule has 0 saturated carbocycles. The molecule has 0 aliphatic heterocycles. The van der Waals surface area contributed by atoms with E-state index in [4.69, 9.17) is 5.11 Å². The highest BCUT2D eigenvalue weighted by molar-refractivity contribution is 5.77. The zero-order valence-corrected chi connectivity index (χ0v) is 10.8. The van der Waals surface area contributed by atoms with Crippen molar-refractivity contribution in [3.05, 3.63) is 35.4 Å². The molecule has 0 aromatic heterocycles. The van der Waals surface area contributed by atoms with Crippen LogP contribution in [0, 0.1) is 6.92 Å². The van der Waals surface area contributed by atoms with Crippen LogP contribution >= 0.6 is 0 Å². The van der Waals surface area contributed by atoms with Gasteiger partial charge in [0, 0.05) is 6.42 Å². The van der Waals surface area contributed by atoms with Crippen molar-refractivity contribution in [1.82, 2.24) is 5.32 Å². The molecule has 0 heterocycles. The van der Waals surface area contributed by atoms with Gasteiger partial charge in [0.15, 0.2) is 0 Å². The largest absolute Gasteiger partial charge is 0.394 e. The Balaban J connectivity index is 2.47. The fourth-order valence-electron chi connectivity index (χ4n) is 1.62. The van der Waals surface area contributed by atoms with Gasteiger partial charge in [-0.2, -0.15) is 0 Å². The summed E-state index contributed by atoms with van der Waals surface area (Å²) in [5.74, 6) is -0.0210. The van der Waals surface area contributed by atoms with E-state index in [2.05, 4.69) is 5.32 Å². The second-order valence-corrected chi connectivity index (χ2v) is 5.02. The molecule has 0 aliphatic rings. The molecule has 1 aromatic rings. The van der Waals surface area contributed by atoms with Gasteiger partial charge in [-0.25, -0.2) is 0 Å². The molecular formula is C14H21NO2. The molecule has 0 atom stereocenters. The third-order valence-corrected chi connectivity index (χ3v) is 2.76. The van der Waals surface area contributed by atoms with Gasteiger partial charge in [0.1, 0.15) is 0 Å². The second kappa shape index (κ2) is 5.82. The van der Waals surface area contributed by atoms with Crippen LogP contribution < -0.4 is 5.32 Å². The van der Waals surface area contributed by atoms with Crippen molar-refractivity contribution in [2.45, 2.75) is 39.2 Å². The lowest BCUT2D eigenvalue weighted by Crippen LogP contribution is -2.46. The smallest absolute Gasteiger partial charge is 0.220 e. The number of aliphatic hydroxyl groups is 1. The van der Waals surface area contributed by atoms with Gasteiger partial charge in [-0.05, 0) is 38.3 Å². The van der Waals surface area contributed by atoms with Gasteiger partial charge in [-0.3, -0.25) is 4.79 Å². The van der Waals surface area contributed by atoms with Crippen molar-refractivity contribution < 1.29 is 9.90 Å². The minimum atomic E-state index is -0.539. The van der Waals surface area contributed by atoms with E-state index in [0.29, 0.717) is 6.42 Å².